The lowest BCUT2D eigenvalue weighted by molar-refractivity contribution is -0.0327. The third-order valence-corrected chi connectivity index (χ3v) is 2.99. The van der Waals surface area contributed by atoms with Crippen molar-refractivity contribution in [2.75, 3.05) is 6.54 Å². The van der Waals surface area contributed by atoms with Crippen LogP contribution in [0.1, 0.15) is 12.8 Å². The van der Waals surface area contributed by atoms with Crippen LogP contribution < -0.4 is 0 Å². The van der Waals surface area contributed by atoms with Gasteiger partial charge in [-0.05, 0) is 12.8 Å². The number of hydrogen-bond donors (Lipinski definition) is 0. The van der Waals surface area contributed by atoms with Gasteiger partial charge in [-0.25, -0.2) is 13.2 Å². The molecule has 0 aliphatic carbocycles. The van der Waals surface area contributed by atoms with Gasteiger partial charge < -0.3 is 9.45 Å². The molecular formula is C7H8N3O5S-. The van der Waals surface area contributed by atoms with Crippen LogP contribution in [0.4, 0.5) is 4.79 Å². The number of nitriles is 1. The molecule has 0 N–H and O–H groups in total. The Hall–Kier alpha value is -1.37. The Labute approximate surface area is 91.9 Å². The summed E-state index contributed by atoms with van der Waals surface area (Å²) >= 11 is 0. The van der Waals surface area contributed by atoms with Gasteiger partial charge in [0.2, 0.25) is 10.4 Å². The van der Waals surface area contributed by atoms with E-state index in [1.54, 1.807) is 0 Å². The van der Waals surface area contributed by atoms with Gasteiger partial charge in [0.1, 0.15) is 6.04 Å². The summed E-state index contributed by atoms with van der Waals surface area (Å²) < 4.78 is 35.3. The molecule has 88 valence electrons. The van der Waals surface area contributed by atoms with Gasteiger partial charge >= 0.3 is 6.03 Å². The van der Waals surface area contributed by atoms with Gasteiger partial charge in [0.05, 0.1) is 12.1 Å². The Morgan fingerprint density at radius 2 is 2.19 bits per heavy atom. The van der Waals surface area contributed by atoms with Crippen molar-refractivity contribution >= 4 is 16.4 Å². The number of amides is 2. The predicted octanol–water partition coefficient (Wildman–Crippen LogP) is -0.830. The first kappa shape index (κ1) is 11.1. The summed E-state index contributed by atoms with van der Waals surface area (Å²) in [6, 6.07) is 0.150. The number of nitrogens with zero attached hydrogens (tertiary/aromatic N) is 3. The molecule has 2 heterocycles. The minimum Gasteiger partial charge on any atom is -0.724 e. The van der Waals surface area contributed by atoms with Crippen molar-refractivity contribution in [3.05, 3.63) is 0 Å². The van der Waals surface area contributed by atoms with Crippen LogP contribution in [0.3, 0.4) is 0 Å². The topological polar surface area (TPSA) is 114 Å². The van der Waals surface area contributed by atoms with Crippen molar-refractivity contribution in [3.8, 4) is 6.07 Å². The zero-order chi connectivity index (χ0) is 11.9. The van der Waals surface area contributed by atoms with Crippen molar-refractivity contribution in [2.45, 2.75) is 24.9 Å². The molecule has 2 atom stereocenters. The van der Waals surface area contributed by atoms with Crippen LogP contribution in [-0.2, 0) is 14.7 Å². The molecular weight excluding hydrogens is 238 g/mol. The van der Waals surface area contributed by atoms with Crippen LogP contribution in [-0.4, -0.2) is 47.6 Å². The second-order valence-electron chi connectivity index (χ2n) is 3.62. The summed E-state index contributed by atoms with van der Waals surface area (Å²) in [5, 5.41) is 9.32. The molecule has 0 aromatic carbocycles. The number of rotatable bonds is 2. The molecule has 2 fully saturated rings. The van der Waals surface area contributed by atoms with Gasteiger partial charge in [-0.15, -0.1) is 0 Å². The molecule has 0 aromatic heterocycles. The zero-order valence-corrected chi connectivity index (χ0v) is 8.88. The Morgan fingerprint density at radius 1 is 1.50 bits per heavy atom. The van der Waals surface area contributed by atoms with Crippen molar-refractivity contribution in [2.24, 2.45) is 0 Å². The van der Waals surface area contributed by atoms with E-state index in [0.717, 1.165) is 0 Å². The number of piperidine rings is 1. The maximum absolute atomic E-state index is 11.6. The second kappa shape index (κ2) is 3.58. The molecule has 2 saturated heterocycles. The van der Waals surface area contributed by atoms with E-state index in [1.165, 1.54) is 4.90 Å². The summed E-state index contributed by atoms with van der Waals surface area (Å²) in [5.41, 5.74) is 0. The first-order valence-corrected chi connectivity index (χ1v) is 5.90. The Morgan fingerprint density at radius 3 is 2.75 bits per heavy atom. The number of fused-ring (bicyclic) bond motifs is 2. The average Bonchev–Trinajstić information content (AvgIpc) is 2.43. The molecule has 0 unspecified atom stereocenters. The number of carbonyl (C=O) groups is 1. The molecule has 2 amide bonds. The van der Waals surface area contributed by atoms with Crippen molar-refractivity contribution in [3.63, 3.8) is 0 Å². The lowest BCUT2D eigenvalue weighted by atomic mass is 10.0. The van der Waals surface area contributed by atoms with E-state index >= 15 is 0 Å². The van der Waals surface area contributed by atoms with Crippen LogP contribution in [0.15, 0.2) is 0 Å². The highest BCUT2D eigenvalue weighted by Crippen LogP contribution is 2.30. The van der Waals surface area contributed by atoms with Crippen LogP contribution in [0, 0.1) is 11.3 Å². The normalized spacial score (nSPS) is 29.4. The SMILES string of the molecule is N#C[C@@H]1CC[C@@H]2CN1C(=O)N2OS(=O)(=O)[O-]. The van der Waals surface area contributed by atoms with Gasteiger partial charge in [0.25, 0.3) is 0 Å². The number of urea groups is 1. The standard InChI is InChI=1S/C7H9N3O5S/c8-3-5-1-2-6-4-9(5)7(11)10(6)15-16(12,13)14/h5-6H,1-2,4H2,(H,12,13,14)/p-1/t5-,6+/m0/s1. The van der Waals surface area contributed by atoms with Gasteiger partial charge in [0.15, 0.2) is 0 Å². The first-order valence-electron chi connectivity index (χ1n) is 4.57. The molecule has 0 spiro atoms. The van der Waals surface area contributed by atoms with E-state index in [-0.39, 0.29) is 6.54 Å². The summed E-state index contributed by atoms with van der Waals surface area (Å²) in [7, 11) is -4.96. The zero-order valence-electron chi connectivity index (χ0n) is 8.07. The monoisotopic (exact) mass is 246 g/mol. The van der Waals surface area contributed by atoms with E-state index in [2.05, 4.69) is 4.28 Å². The van der Waals surface area contributed by atoms with Gasteiger partial charge in [-0.2, -0.15) is 14.6 Å². The third kappa shape index (κ3) is 1.82. The molecule has 2 bridgehead atoms. The van der Waals surface area contributed by atoms with E-state index in [4.69, 9.17) is 5.26 Å². The van der Waals surface area contributed by atoms with E-state index in [9.17, 15) is 17.8 Å². The molecule has 0 radical (unpaired) electrons. The Bertz CT molecular complexity index is 455. The smallest absolute Gasteiger partial charge is 0.346 e. The van der Waals surface area contributed by atoms with Gasteiger partial charge in [-0.1, -0.05) is 0 Å². The Kier molecular flexibility index (Phi) is 2.49. The molecule has 8 nitrogen and oxygen atoms in total. The maximum Gasteiger partial charge on any atom is 0.346 e. The molecule has 2 aliphatic rings. The third-order valence-electron chi connectivity index (χ3n) is 2.64. The minimum absolute atomic E-state index is 0.215. The molecule has 16 heavy (non-hydrogen) atoms. The largest absolute Gasteiger partial charge is 0.724 e. The molecule has 2 rings (SSSR count). The Balaban J connectivity index is 2.20. The minimum atomic E-state index is -4.96. The summed E-state index contributed by atoms with van der Waals surface area (Å²) in [6.45, 7) is 0.215. The first-order chi connectivity index (χ1) is 7.42. The number of hydrogen-bond acceptors (Lipinski definition) is 6. The van der Waals surface area contributed by atoms with Gasteiger partial charge in [-0.3, -0.25) is 0 Å². The highest BCUT2D eigenvalue weighted by molar-refractivity contribution is 7.80. The molecule has 0 saturated carbocycles. The van der Waals surface area contributed by atoms with Crippen LogP contribution in [0.5, 0.6) is 0 Å². The predicted molar refractivity (Wildman–Crippen MR) is 47.1 cm³/mol. The molecule has 9 heteroatoms. The summed E-state index contributed by atoms with van der Waals surface area (Å²) in [5.74, 6) is 0. The highest BCUT2D eigenvalue weighted by Gasteiger charge is 2.46. The van der Waals surface area contributed by atoms with Crippen molar-refractivity contribution in [1.29, 1.82) is 5.26 Å². The van der Waals surface area contributed by atoms with Crippen LogP contribution in [0.25, 0.3) is 0 Å². The average molecular weight is 246 g/mol. The fraction of sp³-hybridized carbons (Fsp3) is 0.714. The highest BCUT2D eigenvalue weighted by atomic mass is 32.3. The maximum atomic E-state index is 11.6. The van der Waals surface area contributed by atoms with E-state index in [0.29, 0.717) is 17.9 Å². The van der Waals surface area contributed by atoms with Crippen LogP contribution >= 0.6 is 0 Å². The fourth-order valence-corrected chi connectivity index (χ4v) is 2.34. The van der Waals surface area contributed by atoms with Crippen molar-refractivity contribution in [1.82, 2.24) is 9.96 Å². The molecule has 0 aromatic rings. The van der Waals surface area contributed by atoms with Crippen LogP contribution in [0.2, 0.25) is 0 Å². The lowest BCUT2D eigenvalue weighted by Gasteiger charge is -2.25. The van der Waals surface area contributed by atoms with Crippen molar-refractivity contribution < 1.29 is 22.0 Å². The second-order valence-corrected chi connectivity index (χ2v) is 4.59. The lowest BCUT2D eigenvalue weighted by Crippen LogP contribution is -2.38. The summed E-state index contributed by atoms with van der Waals surface area (Å²) in [6.07, 6.45) is 0.891. The van der Waals surface area contributed by atoms with Gasteiger partial charge in [0, 0.05) is 6.54 Å². The molecule has 2 aliphatic heterocycles. The fourth-order valence-electron chi connectivity index (χ4n) is 1.96. The number of carbonyl (C=O) groups excluding carboxylic acids is 1. The number of hydroxylamine groups is 2. The summed E-state index contributed by atoms with van der Waals surface area (Å²) in [4.78, 5) is 12.8. The quantitative estimate of drug-likeness (QED) is 0.464. The van der Waals surface area contributed by atoms with E-state index in [1.807, 2.05) is 6.07 Å². The van der Waals surface area contributed by atoms with E-state index < -0.39 is 28.5 Å².